The van der Waals surface area contributed by atoms with E-state index in [1.54, 1.807) is 25.1 Å². The van der Waals surface area contributed by atoms with Crippen LogP contribution in [-0.4, -0.2) is 16.8 Å². The van der Waals surface area contributed by atoms with Gasteiger partial charge >= 0.3 is 5.97 Å². The van der Waals surface area contributed by atoms with Gasteiger partial charge in [-0.15, -0.1) is 0 Å². The molecule has 1 heterocycles. The van der Waals surface area contributed by atoms with Crippen LogP contribution in [0.5, 0.6) is 0 Å². The maximum absolute atomic E-state index is 12.1. The topological polar surface area (TPSA) is 81.8 Å². The lowest BCUT2D eigenvalue weighted by Crippen LogP contribution is -2.08. The number of cyclic esters (lactones) is 1. The molecule has 1 aliphatic rings. The lowest BCUT2D eigenvalue weighted by molar-refractivity contribution is -0.385. The molecule has 0 aliphatic carbocycles. The molecule has 3 rings (SSSR count). The van der Waals surface area contributed by atoms with Gasteiger partial charge < -0.3 is 4.74 Å². The molecule has 0 unspecified atom stereocenters. The number of benzene rings is 2. The number of carbonyl (C=O) groups excluding carboxylic acids is 1. The molecule has 0 radical (unpaired) electrons. The van der Waals surface area contributed by atoms with Gasteiger partial charge in [-0.05, 0) is 36.1 Å². The number of aliphatic imine (C=N–C) groups is 1. The van der Waals surface area contributed by atoms with E-state index in [0.29, 0.717) is 17.0 Å². The fourth-order valence-electron chi connectivity index (χ4n) is 2.71. The molecule has 2 aromatic rings. The van der Waals surface area contributed by atoms with Gasteiger partial charge in [-0.25, -0.2) is 9.79 Å². The second-order valence-electron chi connectivity index (χ2n) is 6.36. The lowest BCUT2D eigenvalue weighted by atomic mass is 10.0. The van der Waals surface area contributed by atoms with Gasteiger partial charge in [0.25, 0.3) is 5.69 Å². The number of carbonyl (C=O) groups is 1. The largest absolute Gasteiger partial charge is 0.402 e. The molecule has 26 heavy (non-hydrogen) atoms. The average molecular weight is 350 g/mol. The van der Waals surface area contributed by atoms with Crippen molar-refractivity contribution in [2.24, 2.45) is 4.99 Å². The van der Waals surface area contributed by atoms with Crippen molar-refractivity contribution in [3.8, 4) is 0 Å². The Bertz CT molecular complexity index is 941. The summed E-state index contributed by atoms with van der Waals surface area (Å²) in [7, 11) is 0. The Morgan fingerprint density at radius 3 is 2.46 bits per heavy atom. The van der Waals surface area contributed by atoms with E-state index in [4.69, 9.17) is 4.74 Å². The normalized spacial score (nSPS) is 15.3. The molecule has 0 spiro atoms. The first-order valence-electron chi connectivity index (χ1n) is 8.23. The van der Waals surface area contributed by atoms with E-state index in [1.165, 1.54) is 11.6 Å². The van der Waals surface area contributed by atoms with E-state index in [1.807, 2.05) is 24.3 Å². The highest BCUT2D eigenvalue weighted by atomic mass is 16.6. The Labute approximate surface area is 151 Å². The molecule has 0 aromatic heterocycles. The summed E-state index contributed by atoms with van der Waals surface area (Å²) in [6, 6.07) is 12.4. The maximum atomic E-state index is 12.1. The van der Waals surface area contributed by atoms with Crippen molar-refractivity contribution in [2.75, 3.05) is 0 Å². The van der Waals surface area contributed by atoms with Crippen LogP contribution in [0.3, 0.4) is 0 Å². The molecule has 0 N–H and O–H groups in total. The molecule has 132 valence electrons. The molecule has 6 nitrogen and oxygen atoms in total. The first-order chi connectivity index (χ1) is 12.4. The van der Waals surface area contributed by atoms with Crippen LogP contribution in [-0.2, 0) is 9.53 Å². The molecule has 2 aromatic carbocycles. The first kappa shape index (κ1) is 17.5. The van der Waals surface area contributed by atoms with Gasteiger partial charge in [-0.3, -0.25) is 10.1 Å². The van der Waals surface area contributed by atoms with Gasteiger partial charge in [-0.2, -0.15) is 0 Å². The van der Waals surface area contributed by atoms with Gasteiger partial charge in [0.15, 0.2) is 5.70 Å². The number of esters is 1. The highest BCUT2D eigenvalue weighted by molar-refractivity contribution is 6.13. The van der Waals surface area contributed by atoms with Crippen molar-refractivity contribution < 1.29 is 14.5 Å². The van der Waals surface area contributed by atoms with E-state index < -0.39 is 10.9 Å². The van der Waals surface area contributed by atoms with Gasteiger partial charge in [0.05, 0.1) is 4.92 Å². The molecule has 1 aliphatic heterocycles. The minimum atomic E-state index is -0.571. The summed E-state index contributed by atoms with van der Waals surface area (Å²) in [6.45, 7) is 5.83. The molecule has 0 fully saturated rings. The van der Waals surface area contributed by atoms with Crippen molar-refractivity contribution in [1.82, 2.24) is 0 Å². The summed E-state index contributed by atoms with van der Waals surface area (Å²) in [4.78, 5) is 27.0. The summed E-state index contributed by atoms with van der Waals surface area (Å²) >= 11 is 0. The summed E-state index contributed by atoms with van der Waals surface area (Å²) < 4.78 is 5.23. The summed E-state index contributed by atoms with van der Waals surface area (Å²) in [5.41, 5.74) is 3.02. The van der Waals surface area contributed by atoms with Crippen LogP contribution in [0.25, 0.3) is 6.08 Å². The van der Waals surface area contributed by atoms with Crippen molar-refractivity contribution in [1.29, 1.82) is 0 Å². The first-order valence-corrected chi connectivity index (χ1v) is 8.23. The van der Waals surface area contributed by atoms with E-state index in [2.05, 4.69) is 18.8 Å². The van der Waals surface area contributed by atoms with Crippen LogP contribution in [0.15, 0.2) is 53.2 Å². The molecule has 0 amide bonds. The van der Waals surface area contributed by atoms with E-state index in [-0.39, 0.29) is 17.3 Å². The van der Waals surface area contributed by atoms with E-state index >= 15 is 0 Å². The highest BCUT2D eigenvalue weighted by Gasteiger charge is 2.27. The number of ether oxygens (including phenoxy) is 1. The molecule has 0 bridgehead atoms. The predicted molar refractivity (Wildman–Crippen MR) is 99.0 cm³/mol. The van der Waals surface area contributed by atoms with Crippen LogP contribution in [0.1, 0.15) is 42.0 Å². The van der Waals surface area contributed by atoms with Crippen LogP contribution in [0, 0.1) is 17.0 Å². The number of hydrogen-bond donors (Lipinski definition) is 0. The second kappa shape index (κ2) is 6.92. The number of rotatable bonds is 4. The Morgan fingerprint density at radius 1 is 1.15 bits per heavy atom. The lowest BCUT2D eigenvalue weighted by Gasteiger charge is -2.04. The number of nitrogens with zero attached hydrogens (tertiary/aromatic N) is 2. The Balaban J connectivity index is 1.94. The third-order valence-corrected chi connectivity index (χ3v) is 4.26. The minimum absolute atomic E-state index is 0.0389. The molecule has 0 atom stereocenters. The number of hydrogen-bond acceptors (Lipinski definition) is 5. The third-order valence-electron chi connectivity index (χ3n) is 4.26. The van der Waals surface area contributed by atoms with Gasteiger partial charge in [-0.1, -0.05) is 44.2 Å². The SMILES string of the molecule is Cc1c(C2=NC(=Cc3ccc(C(C)C)cc3)C(=O)O2)cccc1[N+](=O)[O-]. The second-order valence-corrected chi connectivity index (χ2v) is 6.36. The molecule has 0 saturated heterocycles. The van der Waals surface area contributed by atoms with Gasteiger partial charge in [0.2, 0.25) is 5.90 Å². The zero-order valence-corrected chi connectivity index (χ0v) is 14.7. The summed E-state index contributed by atoms with van der Waals surface area (Å²) in [5.74, 6) is -0.0605. The van der Waals surface area contributed by atoms with Crippen LogP contribution >= 0.6 is 0 Å². The standard InChI is InChI=1S/C20H18N2O4/c1-12(2)15-9-7-14(8-10-15)11-17-20(23)26-19(21-17)16-5-4-6-18(13(16)3)22(24)25/h4-12H,1-3H3. The van der Waals surface area contributed by atoms with Crippen LogP contribution in [0.4, 0.5) is 5.69 Å². The van der Waals surface area contributed by atoms with Crippen molar-refractivity contribution in [2.45, 2.75) is 26.7 Å². The molecule has 0 saturated carbocycles. The maximum Gasteiger partial charge on any atom is 0.363 e. The monoisotopic (exact) mass is 350 g/mol. The van der Waals surface area contributed by atoms with Gasteiger partial charge in [0, 0.05) is 17.2 Å². The van der Waals surface area contributed by atoms with Crippen molar-refractivity contribution in [3.05, 3.63) is 80.5 Å². The number of nitro groups is 1. The fourth-order valence-corrected chi connectivity index (χ4v) is 2.71. The van der Waals surface area contributed by atoms with E-state index in [9.17, 15) is 14.9 Å². The number of nitro benzene ring substituents is 1. The molecular formula is C20H18N2O4. The third kappa shape index (κ3) is 3.39. The highest BCUT2D eigenvalue weighted by Crippen LogP contribution is 2.26. The minimum Gasteiger partial charge on any atom is -0.402 e. The summed E-state index contributed by atoms with van der Waals surface area (Å²) in [6.07, 6.45) is 1.64. The predicted octanol–water partition coefficient (Wildman–Crippen LogP) is 4.37. The smallest absolute Gasteiger partial charge is 0.363 e. The Morgan fingerprint density at radius 2 is 1.85 bits per heavy atom. The van der Waals surface area contributed by atoms with Crippen molar-refractivity contribution in [3.63, 3.8) is 0 Å². The molecule has 6 heteroatoms. The Hall–Kier alpha value is -3.28. The van der Waals surface area contributed by atoms with Gasteiger partial charge in [0.1, 0.15) is 0 Å². The van der Waals surface area contributed by atoms with Crippen molar-refractivity contribution >= 4 is 23.6 Å². The fraction of sp³-hybridized carbons (Fsp3) is 0.200. The zero-order chi connectivity index (χ0) is 18.8. The van der Waals surface area contributed by atoms with Crippen LogP contribution in [0.2, 0.25) is 0 Å². The Kier molecular flexibility index (Phi) is 4.67. The summed E-state index contributed by atoms with van der Waals surface area (Å²) in [5, 5.41) is 11.1. The quantitative estimate of drug-likeness (QED) is 0.355. The van der Waals surface area contributed by atoms with E-state index in [0.717, 1.165) is 5.56 Å². The molecular weight excluding hydrogens is 332 g/mol. The average Bonchev–Trinajstić information content (AvgIpc) is 2.95. The zero-order valence-electron chi connectivity index (χ0n) is 14.7. The van der Waals surface area contributed by atoms with Crippen LogP contribution < -0.4 is 0 Å².